The standard InChI is InChI=1S/C15H20ClNO/c1-2-9-17-14(15-4-3-10-18-15)11-12-5-7-13(16)8-6-12/h4-8,14,17H,2-3,9-11H2,1H3. The summed E-state index contributed by atoms with van der Waals surface area (Å²) in [6, 6.07) is 8.33. The van der Waals surface area contributed by atoms with Gasteiger partial charge in [-0.2, -0.15) is 0 Å². The highest BCUT2D eigenvalue weighted by molar-refractivity contribution is 6.30. The van der Waals surface area contributed by atoms with Gasteiger partial charge in [0.05, 0.1) is 12.6 Å². The van der Waals surface area contributed by atoms with Gasteiger partial charge in [0.15, 0.2) is 0 Å². The first kappa shape index (κ1) is 13.4. The van der Waals surface area contributed by atoms with Gasteiger partial charge < -0.3 is 10.1 Å². The van der Waals surface area contributed by atoms with Gasteiger partial charge in [-0.1, -0.05) is 30.7 Å². The zero-order chi connectivity index (χ0) is 12.8. The highest BCUT2D eigenvalue weighted by Gasteiger charge is 2.18. The molecule has 1 aliphatic rings. The molecule has 0 spiro atoms. The Kier molecular flexibility index (Phi) is 5.09. The lowest BCUT2D eigenvalue weighted by Crippen LogP contribution is -2.33. The SMILES string of the molecule is CCCNC(Cc1ccc(Cl)cc1)C1=CCCO1. The van der Waals surface area contributed by atoms with Crippen LogP contribution in [0.5, 0.6) is 0 Å². The third-order valence-corrected chi connectivity index (χ3v) is 3.32. The van der Waals surface area contributed by atoms with Crippen molar-refractivity contribution >= 4 is 11.6 Å². The van der Waals surface area contributed by atoms with Crippen molar-refractivity contribution in [2.75, 3.05) is 13.2 Å². The molecular weight excluding hydrogens is 246 g/mol. The lowest BCUT2D eigenvalue weighted by Gasteiger charge is -2.19. The summed E-state index contributed by atoms with van der Waals surface area (Å²) in [5.74, 6) is 1.10. The minimum Gasteiger partial charge on any atom is -0.496 e. The summed E-state index contributed by atoms with van der Waals surface area (Å²) in [6.07, 6.45) is 5.30. The molecule has 0 fully saturated rings. The molecule has 1 aromatic carbocycles. The van der Waals surface area contributed by atoms with Crippen LogP contribution < -0.4 is 5.32 Å². The van der Waals surface area contributed by atoms with Gasteiger partial charge in [0.2, 0.25) is 0 Å². The van der Waals surface area contributed by atoms with Gasteiger partial charge in [-0.05, 0) is 43.2 Å². The number of halogens is 1. The van der Waals surface area contributed by atoms with Crippen LogP contribution in [-0.2, 0) is 11.2 Å². The monoisotopic (exact) mass is 265 g/mol. The van der Waals surface area contributed by atoms with Crippen molar-refractivity contribution in [3.05, 3.63) is 46.7 Å². The smallest absolute Gasteiger partial charge is 0.109 e. The second-order valence-electron chi connectivity index (χ2n) is 4.58. The fourth-order valence-corrected chi connectivity index (χ4v) is 2.25. The molecule has 1 N–H and O–H groups in total. The van der Waals surface area contributed by atoms with E-state index in [1.807, 2.05) is 12.1 Å². The van der Waals surface area contributed by atoms with E-state index in [2.05, 4.69) is 30.4 Å². The first-order valence-electron chi connectivity index (χ1n) is 6.60. The first-order valence-corrected chi connectivity index (χ1v) is 6.98. The normalized spacial score (nSPS) is 16.2. The maximum Gasteiger partial charge on any atom is 0.109 e. The van der Waals surface area contributed by atoms with E-state index in [9.17, 15) is 0 Å². The maximum atomic E-state index is 5.91. The number of benzene rings is 1. The van der Waals surface area contributed by atoms with Crippen molar-refractivity contribution in [2.45, 2.75) is 32.2 Å². The Bertz CT molecular complexity index is 399. The van der Waals surface area contributed by atoms with Gasteiger partial charge >= 0.3 is 0 Å². The Balaban J connectivity index is 2.01. The molecular formula is C15H20ClNO. The molecule has 0 saturated carbocycles. The van der Waals surface area contributed by atoms with Crippen LogP contribution >= 0.6 is 11.6 Å². The molecule has 0 radical (unpaired) electrons. The molecule has 1 unspecified atom stereocenters. The van der Waals surface area contributed by atoms with Crippen molar-refractivity contribution in [2.24, 2.45) is 0 Å². The predicted molar refractivity (Wildman–Crippen MR) is 75.9 cm³/mol. The van der Waals surface area contributed by atoms with E-state index in [0.29, 0.717) is 0 Å². The molecule has 1 aliphatic heterocycles. The first-order chi connectivity index (χ1) is 8.79. The summed E-state index contributed by atoms with van der Waals surface area (Å²) in [7, 11) is 0. The quantitative estimate of drug-likeness (QED) is 0.849. The Morgan fingerprint density at radius 1 is 1.33 bits per heavy atom. The molecule has 98 valence electrons. The second kappa shape index (κ2) is 6.81. The fourth-order valence-electron chi connectivity index (χ4n) is 2.13. The van der Waals surface area contributed by atoms with Gasteiger partial charge in [-0.15, -0.1) is 0 Å². The van der Waals surface area contributed by atoms with Crippen LogP contribution in [0.3, 0.4) is 0 Å². The van der Waals surface area contributed by atoms with E-state index >= 15 is 0 Å². The highest BCUT2D eigenvalue weighted by atomic mass is 35.5. The van der Waals surface area contributed by atoms with Crippen LogP contribution in [0.25, 0.3) is 0 Å². The van der Waals surface area contributed by atoms with Crippen molar-refractivity contribution in [1.82, 2.24) is 5.32 Å². The Morgan fingerprint density at radius 3 is 2.72 bits per heavy atom. The van der Waals surface area contributed by atoms with E-state index in [1.54, 1.807) is 0 Å². The van der Waals surface area contributed by atoms with Crippen LogP contribution in [0.1, 0.15) is 25.3 Å². The molecule has 0 aromatic heterocycles. The Labute approximate surface area is 114 Å². The summed E-state index contributed by atoms with van der Waals surface area (Å²) in [6.45, 7) is 4.01. The predicted octanol–water partition coefficient (Wildman–Crippen LogP) is 3.55. The topological polar surface area (TPSA) is 21.3 Å². The maximum absolute atomic E-state index is 5.91. The largest absolute Gasteiger partial charge is 0.496 e. The molecule has 18 heavy (non-hydrogen) atoms. The minimum atomic E-state index is 0.286. The Morgan fingerprint density at radius 2 is 2.11 bits per heavy atom. The molecule has 0 bridgehead atoms. The fraction of sp³-hybridized carbons (Fsp3) is 0.467. The number of rotatable bonds is 6. The van der Waals surface area contributed by atoms with E-state index in [4.69, 9.17) is 16.3 Å². The summed E-state index contributed by atoms with van der Waals surface area (Å²) < 4.78 is 5.68. The molecule has 1 heterocycles. The average molecular weight is 266 g/mol. The van der Waals surface area contributed by atoms with Crippen LogP contribution in [0.2, 0.25) is 5.02 Å². The average Bonchev–Trinajstić information content (AvgIpc) is 2.90. The van der Waals surface area contributed by atoms with Crippen molar-refractivity contribution in [3.8, 4) is 0 Å². The van der Waals surface area contributed by atoms with Gasteiger partial charge in [0.25, 0.3) is 0 Å². The molecule has 2 nitrogen and oxygen atoms in total. The van der Waals surface area contributed by atoms with Crippen LogP contribution in [-0.4, -0.2) is 19.2 Å². The molecule has 3 heteroatoms. The summed E-state index contributed by atoms with van der Waals surface area (Å²) >= 11 is 5.91. The lowest BCUT2D eigenvalue weighted by molar-refractivity contribution is 0.214. The van der Waals surface area contributed by atoms with Gasteiger partial charge in [0.1, 0.15) is 5.76 Å². The van der Waals surface area contributed by atoms with Crippen molar-refractivity contribution < 1.29 is 4.74 Å². The van der Waals surface area contributed by atoms with Gasteiger partial charge in [0, 0.05) is 11.4 Å². The van der Waals surface area contributed by atoms with E-state index in [1.165, 1.54) is 5.56 Å². The number of ether oxygens (including phenoxy) is 1. The molecule has 0 amide bonds. The zero-order valence-electron chi connectivity index (χ0n) is 10.8. The number of hydrogen-bond donors (Lipinski definition) is 1. The highest BCUT2D eigenvalue weighted by Crippen LogP contribution is 2.18. The lowest BCUT2D eigenvalue weighted by atomic mass is 10.0. The Hall–Kier alpha value is -0.990. The molecule has 1 aromatic rings. The summed E-state index contributed by atoms with van der Waals surface area (Å²) in [5, 5.41) is 4.33. The summed E-state index contributed by atoms with van der Waals surface area (Å²) in [5.41, 5.74) is 1.28. The van der Waals surface area contributed by atoms with Crippen LogP contribution in [0, 0.1) is 0 Å². The van der Waals surface area contributed by atoms with Crippen LogP contribution in [0.4, 0.5) is 0 Å². The van der Waals surface area contributed by atoms with Crippen molar-refractivity contribution in [3.63, 3.8) is 0 Å². The number of hydrogen-bond acceptors (Lipinski definition) is 2. The number of nitrogens with one attached hydrogen (secondary N) is 1. The molecule has 0 saturated heterocycles. The zero-order valence-corrected chi connectivity index (χ0v) is 11.5. The third kappa shape index (κ3) is 3.76. The summed E-state index contributed by atoms with van der Waals surface area (Å²) in [4.78, 5) is 0. The minimum absolute atomic E-state index is 0.286. The van der Waals surface area contributed by atoms with E-state index in [0.717, 1.165) is 43.2 Å². The molecule has 0 aliphatic carbocycles. The molecule has 1 atom stereocenters. The second-order valence-corrected chi connectivity index (χ2v) is 5.02. The van der Waals surface area contributed by atoms with E-state index in [-0.39, 0.29) is 6.04 Å². The van der Waals surface area contributed by atoms with Gasteiger partial charge in [-0.3, -0.25) is 0 Å². The van der Waals surface area contributed by atoms with E-state index < -0.39 is 0 Å². The van der Waals surface area contributed by atoms with Crippen LogP contribution in [0.15, 0.2) is 36.1 Å². The van der Waals surface area contributed by atoms with Gasteiger partial charge in [-0.25, -0.2) is 0 Å². The molecule has 2 rings (SSSR count). The van der Waals surface area contributed by atoms with Crippen molar-refractivity contribution in [1.29, 1.82) is 0 Å². The third-order valence-electron chi connectivity index (χ3n) is 3.07.